The molecule has 1 aliphatic rings. The standard InChI is InChI=1S/C24H25FN4O2/c1-17-14-29(16-26-17)21-11-5-18(13-22(21)30-4)6-12-23-27-31-15-24(2,28(23)3)19-7-9-20(25)10-8-19/h5-14,16H,15H2,1-4H3/b12-6+. The molecule has 0 bridgehead atoms. The van der Waals surface area contributed by atoms with Gasteiger partial charge in [0.15, 0.2) is 5.84 Å². The zero-order valence-corrected chi connectivity index (χ0v) is 18.0. The van der Waals surface area contributed by atoms with Crippen LogP contribution in [0.2, 0.25) is 0 Å². The SMILES string of the molecule is COc1cc(/C=C/C2=NOCC(C)(c3ccc(F)cc3)N2C)ccc1-n1cnc(C)c1. The third-order valence-electron chi connectivity index (χ3n) is 5.67. The highest BCUT2D eigenvalue weighted by Crippen LogP contribution is 2.31. The number of nitrogens with zero attached hydrogens (tertiary/aromatic N) is 4. The van der Waals surface area contributed by atoms with E-state index in [0.717, 1.165) is 28.3 Å². The van der Waals surface area contributed by atoms with Gasteiger partial charge >= 0.3 is 0 Å². The van der Waals surface area contributed by atoms with E-state index in [1.54, 1.807) is 25.6 Å². The lowest BCUT2D eigenvalue weighted by molar-refractivity contribution is 0.0169. The summed E-state index contributed by atoms with van der Waals surface area (Å²) >= 11 is 0. The van der Waals surface area contributed by atoms with Crippen molar-refractivity contribution in [1.29, 1.82) is 0 Å². The maximum atomic E-state index is 13.4. The maximum absolute atomic E-state index is 13.4. The van der Waals surface area contributed by atoms with E-state index in [-0.39, 0.29) is 5.82 Å². The molecule has 0 fully saturated rings. The molecule has 0 saturated carbocycles. The van der Waals surface area contributed by atoms with E-state index < -0.39 is 5.54 Å². The van der Waals surface area contributed by atoms with E-state index in [4.69, 9.17) is 9.57 Å². The van der Waals surface area contributed by atoms with Crippen LogP contribution in [0.25, 0.3) is 11.8 Å². The number of imidazole rings is 1. The Morgan fingerprint density at radius 1 is 1.16 bits per heavy atom. The Morgan fingerprint density at radius 2 is 1.94 bits per heavy atom. The third-order valence-corrected chi connectivity index (χ3v) is 5.67. The molecule has 160 valence electrons. The fourth-order valence-electron chi connectivity index (χ4n) is 3.60. The number of hydrogen-bond acceptors (Lipinski definition) is 5. The molecule has 7 heteroatoms. The monoisotopic (exact) mass is 420 g/mol. The molecule has 0 amide bonds. The summed E-state index contributed by atoms with van der Waals surface area (Å²) in [5.41, 5.74) is 3.31. The van der Waals surface area contributed by atoms with Crippen LogP contribution in [-0.4, -0.2) is 41.1 Å². The summed E-state index contributed by atoms with van der Waals surface area (Å²) in [7, 11) is 3.61. The number of benzene rings is 2. The van der Waals surface area contributed by atoms with E-state index in [1.165, 1.54) is 12.1 Å². The molecule has 3 aromatic rings. The summed E-state index contributed by atoms with van der Waals surface area (Å²) in [6, 6.07) is 12.5. The average molecular weight is 420 g/mol. The van der Waals surface area contributed by atoms with E-state index in [2.05, 4.69) is 10.1 Å². The largest absolute Gasteiger partial charge is 0.495 e. The molecule has 4 rings (SSSR count). The molecular weight excluding hydrogens is 395 g/mol. The zero-order chi connectivity index (χ0) is 22.0. The number of oxime groups is 1. The van der Waals surface area contributed by atoms with Gasteiger partial charge in [0.05, 0.1) is 24.8 Å². The summed E-state index contributed by atoms with van der Waals surface area (Å²) in [5.74, 6) is 1.15. The minimum Gasteiger partial charge on any atom is -0.495 e. The van der Waals surface area contributed by atoms with Gasteiger partial charge in [0.2, 0.25) is 0 Å². The van der Waals surface area contributed by atoms with Crippen molar-refractivity contribution in [3.63, 3.8) is 0 Å². The third kappa shape index (κ3) is 4.03. The molecule has 2 heterocycles. The average Bonchev–Trinajstić information content (AvgIpc) is 3.21. The molecule has 0 saturated heterocycles. The van der Waals surface area contributed by atoms with Gasteiger partial charge in [0.1, 0.15) is 23.7 Å². The fraction of sp³-hybridized carbons (Fsp3) is 0.250. The van der Waals surface area contributed by atoms with Gasteiger partial charge in [-0.25, -0.2) is 9.37 Å². The minimum absolute atomic E-state index is 0.260. The predicted octanol–water partition coefficient (Wildman–Crippen LogP) is 4.53. The molecule has 1 unspecified atom stereocenters. The molecule has 0 spiro atoms. The van der Waals surface area contributed by atoms with Gasteiger partial charge in [-0.15, -0.1) is 0 Å². The lowest BCUT2D eigenvalue weighted by Crippen LogP contribution is -2.50. The normalized spacial score (nSPS) is 18.7. The second-order valence-electron chi connectivity index (χ2n) is 7.75. The van der Waals surface area contributed by atoms with Crippen molar-refractivity contribution in [2.45, 2.75) is 19.4 Å². The maximum Gasteiger partial charge on any atom is 0.168 e. The van der Waals surface area contributed by atoms with Crippen LogP contribution >= 0.6 is 0 Å². The van der Waals surface area contributed by atoms with Crippen molar-refractivity contribution >= 4 is 11.9 Å². The first kappa shape index (κ1) is 20.7. The first-order valence-corrected chi connectivity index (χ1v) is 9.97. The number of amidine groups is 1. The molecule has 1 aromatic heterocycles. The van der Waals surface area contributed by atoms with Crippen LogP contribution in [0.5, 0.6) is 5.75 Å². The quantitative estimate of drug-likeness (QED) is 0.609. The van der Waals surface area contributed by atoms with Gasteiger partial charge in [-0.2, -0.15) is 0 Å². The number of hydrogen-bond donors (Lipinski definition) is 0. The van der Waals surface area contributed by atoms with Crippen molar-refractivity contribution in [3.8, 4) is 11.4 Å². The molecule has 31 heavy (non-hydrogen) atoms. The van der Waals surface area contributed by atoms with E-state index >= 15 is 0 Å². The highest BCUT2D eigenvalue weighted by molar-refractivity contribution is 5.96. The van der Waals surface area contributed by atoms with Crippen LogP contribution in [0.3, 0.4) is 0 Å². The molecule has 1 atom stereocenters. The van der Waals surface area contributed by atoms with Gasteiger partial charge in [-0.3, -0.25) is 0 Å². The van der Waals surface area contributed by atoms with Crippen LogP contribution < -0.4 is 4.74 Å². The fourth-order valence-corrected chi connectivity index (χ4v) is 3.60. The van der Waals surface area contributed by atoms with Crippen LogP contribution in [0.4, 0.5) is 4.39 Å². The van der Waals surface area contributed by atoms with Crippen LogP contribution in [0.1, 0.15) is 23.7 Å². The van der Waals surface area contributed by atoms with Gasteiger partial charge in [0, 0.05) is 13.2 Å². The lowest BCUT2D eigenvalue weighted by Gasteiger charge is -2.42. The number of rotatable bonds is 5. The van der Waals surface area contributed by atoms with Crippen molar-refractivity contribution in [2.75, 3.05) is 20.8 Å². The van der Waals surface area contributed by atoms with Gasteiger partial charge in [0.25, 0.3) is 0 Å². The van der Waals surface area contributed by atoms with Gasteiger partial charge < -0.3 is 19.0 Å². The first-order chi connectivity index (χ1) is 14.9. The highest BCUT2D eigenvalue weighted by atomic mass is 19.1. The summed E-state index contributed by atoms with van der Waals surface area (Å²) in [6.07, 6.45) is 7.58. The van der Waals surface area contributed by atoms with E-state index in [1.807, 2.05) is 66.9 Å². The van der Waals surface area contributed by atoms with Crippen LogP contribution in [-0.2, 0) is 10.4 Å². The molecule has 6 nitrogen and oxygen atoms in total. The molecule has 1 aliphatic heterocycles. The summed E-state index contributed by atoms with van der Waals surface area (Å²) in [6.45, 7) is 4.37. The van der Waals surface area contributed by atoms with E-state index in [9.17, 15) is 4.39 Å². The number of aryl methyl sites for hydroxylation is 1. The smallest absolute Gasteiger partial charge is 0.168 e. The zero-order valence-electron chi connectivity index (χ0n) is 18.0. The van der Waals surface area contributed by atoms with Crippen molar-refractivity contribution in [2.24, 2.45) is 5.16 Å². The Hall–Kier alpha value is -3.61. The summed E-state index contributed by atoms with van der Waals surface area (Å²) in [4.78, 5) is 11.9. The molecule has 0 aliphatic carbocycles. The summed E-state index contributed by atoms with van der Waals surface area (Å²) < 4.78 is 20.9. The molecule has 0 radical (unpaired) electrons. The Labute approximate surface area is 181 Å². The number of ether oxygens (including phenoxy) is 1. The summed E-state index contributed by atoms with van der Waals surface area (Å²) in [5, 5.41) is 4.21. The van der Waals surface area contributed by atoms with Gasteiger partial charge in [-0.1, -0.05) is 29.4 Å². The Balaban J connectivity index is 1.58. The first-order valence-electron chi connectivity index (χ1n) is 9.97. The number of methoxy groups -OCH3 is 1. The minimum atomic E-state index is -0.462. The van der Waals surface area contributed by atoms with E-state index in [0.29, 0.717) is 12.4 Å². The Morgan fingerprint density at radius 3 is 2.61 bits per heavy atom. The second kappa shape index (κ2) is 8.26. The number of likely N-dealkylation sites (N-methyl/N-ethyl adjacent to an activating group) is 1. The number of halogens is 1. The Kier molecular flexibility index (Phi) is 5.50. The van der Waals surface area contributed by atoms with Crippen LogP contribution in [0.15, 0.2) is 66.2 Å². The van der Waals surface area contributed by atoms with Crippen molar-refractivity contribution < 1.29 is 14.0 Å². The van der Waals surface area contributed by atoms with Crippen molar-refractivity contribution in [1.82, 2.24) is 14.5 Å². The Bertz CT molecular complexity index is 1140. The van der Waals surface area contributed by atoms with Crippen molar-refractivity contribution in [3.05, 3.63) is 83.7 Å². The topological polar surface area (TPSA) is 51.9 Å². The number of aromatic nitrogens is 2. The van der Waals surface area contributed by atoms with Crippen LogP contribution in [0, 0.1) is 12.7 Å². The lowest BCUT2D eigenvalue weighted by atomic mass is 9.90. The van der Waals surface area contributed by atoms with Gasteiger partial charge in [-0.05, 0) is 55.3 Å². The highest BCUT2D eigenvalue weighted by Gasteiger charge is 2.37. The molecule has 2 aromatic carbocycles. The molecule has 0 N–H and O–H groups in total. The predicted molar refractivity (Wildman–Crippen MR) is 119 cm³/mol. The second-order valence-corrected chi connectivity index (χ2v) is 7.75. The molecular formula is C24H25FN4O2.